The molecule has 2 N–H and O–H groups in total. The van der Waals surface area contributed by atoms with E-state index in [4.69, 9.17) is 9.47 Å². The van der Waals surface area contributed by atoms with Gasteiger partial charge in [-0.1, -0.05) is 32.0 Å². The Hall–Kier alpha value is -3.02. The summed E-state index contributed by atoms with van der Waals surface area (Å²) in [6.07, 6.45) is 0.525. The lowest BCUT2D eigenvalue weighted by atomic mass is 10.0. The van der Waals surface area contributed by atoms with Crippen LogP contribution < -0.4 is 20.1 Å². The average molecular weight is 399 g/mol. The standard InChI is InChI=1S/C23H30N2O4/c1-6-29-20-12-11-17(14-21(20)28-5)24-23(27)19(13-15(2)3)25-22(26)18-10-8-7-9-16(18)4/h7-12,14-15,19H,6,13H2,1-5H3,(H,24,27)(H,25,26)/t19-/m1/s1. The molecule has 2 aromatic carbocycles. The Morgan fingerprint density at radius 3 is 2.41 bits per heavy atom. The number of ether oxygens (including phenoxy) is 2. The minimum atomic E-state index is -0.653. The summed E-state index contributed by atoms with van der Waals surface area (Å²) in [6, 6.07) is 11.9. The highest BCUT2D eigenvalue weighted by molar-refractivity contribution is 6.01. The van der Waals surface area contributed by atoms with Crippen molar-refractivity contribution in [2.24, 2.45) is 5.92 Å². The second kappa shape index (κ2) is 10.5. The van der Waals surface area contributed by atoms with E-state index < -0.39 is 6.04 Å². The number of anilines is 1. The Morgan fingerprint density at radius 1 is 1.07 bits per heavy atom. The second-order valence-corrected chi connectivity index (χ2v) is 7.26. The third kappa shape index (κ3) is 6.24. The fraction of sp³-hybridized carbons (Fsp3) is 0.391. The number of carbonyl (C=O) groups excluding carboxylic acids is 2. The Bertz CT molecular complexity index is 849. The fourth-order valence-corrected chi connectivity index (χ4v) is 3.02. The van der Waals surface area contributed by atoms with Crippen LogP contribution in [0, 0.1) is 12.8 Å². The molecule has 2 aromatic rings. The van der Waals surface area contributed by atoms with Gasteiger partial charge in [0.05, 0.1) is 13.7 Å². The normalized spacial score (nSPS) is 11.7. The number of benzene rings is 2. The highest BCUT2D eigenvalue weighted by Crippen LogP contribution is 2.30. The van der Waals surface area contributed by atoms with Gasteiger partial charge in [-0.3, -0.25) is 9.59 Å². The van der Waals surface area contributed by atoms with Gasteiger partial charge >= 0.3 is 0 Å². The summed E-state index contributed by atoms with van der Waals surface area (Å²) >= 11 is 0. The molecular formula is C23H30N2O4. The quantitative estimate of drug-likeness (QED) is 0.664. The molecule has 0 heterocycles. The smallest absolute Gasteiger partial charge is 0.252 e. The molecule has 0 aliphatic carbocycles. The van der Waals surface area contributed by atoms with Crippen LogP contribution in [0.5, 0.6) is 11.5 Å². The first-order valence-corrected chi connectivity index (χ1v) is 9.83. The monoisotopic (exact) mass is 398 g/mol. The van der Waals surface area contributed by atoms with Crippen LogP contribution >= 0.6 is 0 Å². The Morgan fingerprint density at radius 2 is 1.79 bits per heavy atom. The third-order valence-corrected chi connectivity index (χ3v) is 4.45. The van der Waals surface area contributed by atoms with Crippen LogP contribution in [0.25, 0.3) is 0 Å². The summed E-state index contributed by atoms with van der Waals surface area (Å²) in [6.45, 7) is 8.31. The molecule has 6 nitrogen and oxygen atoms in total. The highest BCUT2D eigenvalue weighted by Gasteiger charge is 2.23. The number of hydrogen-bond donors (Lipinski definition) is 2. The Balaban J connectivity index is 2.16. The minimum Gasteiger partial charge on any atom is -0.493 e. The van der Waals surface area contributed by atoms with Crippen LogP contribution in [0.3, 0.4) is 0 Å². The topological polar surface area (TPSA) is 76.7 Å². The minimum absolute atomic E-state index is 0.234. The third-order valence-electron chi connectivity index (χ3n) is 4.45. The number of carbonyl (C=O) groups is 2. The number of nitrogens with one attached hydrogen (secondary N) is 2. The molecule has 0 radical (unpaired) electrons. The van der Waals surface area contributed by atoms with Crippen molar-refractivity contribution in [1.82, 2.24) is 5.32 Å². The summed E-state index contributed by atoms with van der Waals surface area (Å²) in [4.78, 5) is 25.6. The maximum atomic E-state index is 12.9. The van der Waals surface area contributed by atoms with Gasteiger partial charge < -0.3 is 20.1 Å². The first-order chi connectivity index (χ1) is 13.8. The predicted octanol–water partition coefficient (Wildman–Crippen LogP) is 4.19. The highest BCUT2D eigenvalue weighted by atomic mass is 16.5. The molecule has 0 bridgehead atoms. The molecule has 0 aliphatic rings. The zero-order valence-corrected chi connectivity index (χ0v) is 17.7. The summed E-state index contributed by atoms with van der Waals surface area (Å²) in [5.74, 6) is 0.853. The van der Waals surface area contributed by atoms with E-state index in [1.54, 1.807) is 31.4 Å². The van der Waals surface area contributed by atoms with Crippen molar-refractivity contribution in [2.75, 3.05) is 19.0 Å². The molecule has 6 heteroatoms. The Kier molecular flexibility index (Phi) is 8.07. The zero-order valence-electron chi connectivity index (χ0n) is 17.7. The maximum Gasteiger partial charge on any atom is 0.252 e. The molecular weight excluding hydrogens is 368 g/mol. The molecule has 29 heavy (non-hydrogen) atoms. The van der Waals surface area contributed by atoms with E-state index in [0.29, 0.717) is 35.8 Å². The summed E-state index contributed by atoms with van der Waals surface area (Å²) in [5, 5.41) is 5.75. The van der Waals surface area contributed by atoms with Crippen LogP contribution in [-0.4, -0.2) is 31.6 Å². The summed E-state index contributed by atoms with van der Waals surface area (Å²) < 4.78 is 10.8. The first-order valence-electron chi connectivity index (χ1n) is 9.83. The van der Waals surface area contributed by atoms with E-state index >= 15 is 0 Å². The average Bonchev–Trinajstić information content (AvgIpc) is 2.68. The van der Waals surface area contributed by atoms with Gasteiger partial charge in [0, 0.05) is 17.3 Å². The summed E-state index contributed by atoms with van der Waals surface area (Å²) in [7, 11) is 1.55. The van der Waals surface area contributed by atoms with Gasteiger partial charge in [-0.05, 0) is 49.9 Å². The molecule has 1 atom stereocenters. The molecule has 0 spiro atoms. The van der Waals surface area contributed by atoms with Crippen molar-refractivity contribution < 1.29 is 19.1 Å². The number of rotatable bonds is 9. The van der Waals surface area contributed by atoms with E-state index in [9.17, 15) is 9.59 Å². The molecule has 0 aliphatic heterocycles. The fourth-order valence-electron chi connectivity index (χ4n) is 3.02. The number of aryl methyl sites for hydroxylation is 1. The van der Waals surface area contributed by atoms with Crippen molar-refractivity contribution in [3.8, 4) is 11.5 Å². The van der Waals surface area contributed by atoms with Gasteiger partial charge in [0.1, 0.15) is 6.04 Å². The molecule has 2 amide bonds. The van der Waals surface area contributed by atoms with Crippen LogP contribution in [-0.2, 0) is 4.79 Å². The lowest BCUT2D eigenvalue weighted by molar-refractivity contribution is -0.118. The maximum absolute atomic E-state index is 12.9. The van der Waals surface area contributed by atoms with Gasteiger partial charge in [0.2, 0.25) is 5.91 Å². The SMILES string of the molecule is CCOc1ccc(NC(=O)[C@@H](CC(C)C)NC(=O)c2ccccc2C)cc1OC. The van der Waals surface area contributed by atoms with E-state index in [1.807, 2.05) is 45.9 Å². The van der Waals surface area contributed by atoms with Crippen LogP contribution in [0.2, 0.25) is 0 Å². The lowest BCUT2D eigenvalue weighted by Gasteiger charge is -2.21. The summed E-state index contributed by atoms with van der Waals surface area (Å²) in [5.41, 5.74) is 2.01. The van der Waals surface area contributed by atoms with Crippen molar-refractivity contribution in [1.29, 1.82) is 0 Å². The van der Waals surface area contributed by atoms with Gasteiger partial charge in [0.15, 0.2) is 11.5 Å². The van der Waals surface area contributed by atoms with Gasteiger partial charge in [0.25, 0.3) is 5.91 Å². The van der Waals surface area contributed by atoms with Crippen molar-refractivity contribution in [2.45, 2.75) is 40.2 Å². The van der Waals surface area contributed by atoms with Gasteiger partial charge in [-0.2, -0.15) is 0 Å². The molecule has 0 saturated carbocycles. The van der Waals surface area contributed by atoms with Crippen LogP contribution in [0.4, 0.5) is 5.69 Å². The lowest BCUT2D eigenvalue weighted by Crippen LogP contribution is -2.44. The zero-order chi connectivity index (χ0) is 21.4. The van der Waals surface area contributed by atoms with Gasteiger partial charge in [-0.15, -0.1) is 0 Å². The van der Waals surface area contributed by atoms with Crippen LogP contribution in [0.15, 0.2) is 42.5 Å². The first kappa shape index (κ1) is 22.3. The number of hydrogen-bond acceptors (Lipinski definition) is 4. The molecule has 156 valence electrons. The number of methoxy groups -OCH3 is 1. The molecule has 0 saturated heterocycles. The number of amides is 2. The largest absolute Gasteiger partial charge is 0.493 e. The van der Waals surface area contributed by atoms with Crippen LogP contribution in [0.1, 0.15) is 43.1 Å². The molecule has 0 fully saturated rings. The predicted molar refractivity (Wildman–Crippen MR) is 115 cm³/mol. The van der Waals surface area contributed by atoms with E-state index in [-0.39, 0.29) is 17.7 Å². The van der Waals surface area contributed by atoms with E-state index in [1.165, 1.54) is 0 Å². The van der Waals surface area contributed by atoms with Crippen molar-refractivity contribution in [3.63, 3.8) is 0 Å². The van der Waals surface area contributed by atoms with E-state index in [2.05, 4.69) is 10.6 Å². The van der Waals surface area contributed by atoms with Crippen molar-refractivity contribution in [3.05, 3.63) is 53.6 Å². The second-order valence-electron chi connectivity index (χ2n) is 7.26. The molecule has 0 unspecified atom stereocenters. The molecule has 0 aromatic heterocycles. The van der Waals surface area contributed by atoms with Crippen molar-refractivity contribution >= 4 is 17.5 Å². The van der Waals surface area contributed by atoms with E-state index in [0.717, 1.165) is 5.56 Å². The Labute approximate surface area is 172 Å². The molecule has 2 rings (SSSR count). The van der Waals surface area contributed by atoms with Gasteiger partial charge in [-0.25, -0.2) is 0 Å².